The number of benzene rings is 1. The maximum atomic E-state index is 5.81. The zero-order valence-electron chi connectivity index (χ0n) is 16.3. The second-order valence-electron chi connectivity index (χ2n) is 7.48. The molecule has 0 saturated carbocycles. The van der Waals surface area contributed by atoms with Crippen LogP contribution in [0.1, 0.15) is 24.4 Å². The summed E-state index contributed by atoms with van der Waals surface area (Å²) in [4.78, 5) is 11.7. The number of rotatable bonds is 6. The van der Waals surface area contributed by atoms with Crippen LogP contribution in [0.5, 0.6) is 0 Å². The molecule has 5 rings (SSSR count). The molecule has 0 amide bonds. The SMILES string of the molecule is c1ccc(-c2ncn(C[C@H](c3cccnc3)N3CCCC3)c2-c2ccco2)cc1. The summed E-state index contributed by atoms with van der Waals surface area (Å²) in [7, 11) is 0. The lowest BCUT2D eigenvalue weighted by Gasteiger charge is -2.28. The lowest BCUT2D eigenvalue weighted by molar-refractivity contribution is 0.222. The Bertz CT molecular complexity index is 1040. The minimum atomic E-state index is 0.262. The first kappa shape index (κ1) is 17.9. The fourth-order valence-corrected chi connectivity index (χ4v) is 4.24. The van der Waals surface area contributed by atoms with Crippen molar-refractivity contribution in [3.63, 3.8) is 0 Å². The molecule has 1 atom stereocenters. The number of furan rings is 1. The number of nitrogens with zero attached hydrogens (tertiary/aromatic N) is 4. The Hall–Kier alpha value is -3.18. The van der Waals surface area contributed by atoms with Crippen molar-refractivity contribution < 1.29 is 4.42 Å². The molecule has 5 heteroatoms. The van der Waals surface area contributed by atoms with Crippen molar-refractivity contribution in [2.75, 3.05) is 13.1 Å². The number of likely N-dealkylation sites (tertiary alicyclic amines) is 1. The first-order valence-corrected chi connectivity index (χ1v) is 10.2. The number of aromatic nitrogens is 3. The third kappa shape index (κ3) is 3.61. The lowest BCUT2D eigenvalue weighted by Crippen LogP contribution is -2.29. The molecular weight excluding hydrogens is 360 g/mol. The maximum Gasteiger partial charge on any atom is 0.152 e. The van der Waals surface area contributed by atoms with Gasteiger partial charge in [-0.2, -0.15) is 0 Å². The van der Waals surface area contributed by atoms with Gasteiger partial charge in [-0.3, -0.25) is 9.88 Å². The Morgan fingerprint density at radius 1 is 0.966 bits per heavy atom. The Kier molecular flexibility index (Phi) is 4.97. The van der Waals surface area contributed by atoms with Crippen LogP contribution >= 0.6 is 0 Å². The molecule has 146 valence electrons. The molecule has 0 spiro atoms. The molecular formula is C24H24N4O. The molecule has 4 heterocycles. The van der Waals surface area contributed by atoms with Crippen molar-refractivity contribution in [2.45, 2.75) is 25.4 Å². The average Bonchev–Trinajstić information content (AvgIpc) is 3.55. The van der Waals surface area contributed by atoms with Crippen molar-refractivity contribution in [1.82, 2.24) is 19.4 Å². The summed E-state index contributed by atoms with van der Waals surface area (Å²) in [6.45, 7) is 3.05. The van der Waals surface area contributed by atoms with Crippen LogP contribution in [0.3, 0.4) is 0 Å². The molecule has 0 aliphatic carbocycles. The largest absolute Gasteiger partial charge is 0.463 e. The number of pyridine rings is 1. The van der Waals surface area contributed by atoms with Crippen LogP contribution in [0.25, 0.3) is 22.7 Å². The minimum absolute atomic E-state index is 0.262. The third-order valence-corrected chi connectivity index (χ3v) is 5.66. The molecule has 4 aromatic rings. The highest BCUT2D eigenvalue weighted by molar-refractivity contribution is 5.76. The predicted octanol–water partition coefficient (Wildman–Crippen LogP) is 5.04. The minimum Gasteiger partial charge on any atom is -0.463 e. The van der Waals surface area contributed by atoms with Crippen molar-refractivity contribution in [1.29, 1.82) is 0 Å². The maximum absolute atomic E-state index is 5.81. The summed E-state index contributed by atoms with van der Waals surface area (Å²) in [5.74, 6) is 0.840. The van der Waals surface area contributed by atoms with Crippen LogP contribution < -0.4 is 0 Å². The number of hydrogen-bond donors (Lipinski definition) is 0. The zero-order valence-corrected chi connectivity index (χ0v) is 16.3. The van der Waals surface area contributed by atoms with Crippen LogP contribution in [-0.4, -0.2) is 32.5 Å². The molecule has 0 N–H and O–H groups in total. The average molecular weight is 384 g/mol. The van der Waals surface area contributed by atoms with Crippen LogP contribution in [0.15, 0.2) is 84.0 Å². The highest BCUT2D eigenvalue weighted by Gasteiger charge is 2.26. The predicted molar refractivity (Wildman–Crippen MR) is 113 cm³/mol. The Morgan fingerprint density at radius 3 is 2.55 bits per heavy atom. The third-order valence-electron chi connectivity index (χ3n) is 5.66. The Balaban J connectivity index is 1.57. The van der Waals surface area contributed by atoms with Gasteiger partial charge in [-0.25, -0.2) is 4.98 Å². The summed E-state index contributed by atoms with van der Waals surface area (Å²) in [6.07, 6.45) is 10.00. The topological polar surface area (TPSA) is 47.1 Å². The monoisotopic (exact) mass is 384 g/mol. The molecule has 0 bridgehead atoms. The molecule has 5 nitrogen and oxygen atoms in total. The van der Waals surface area contributed by atoms with Crippen LogP contribution in [-0.2, 0) is 6.54 Å². The van der Waals surface area contributed by atoms with Gasteiger partial charge in [-0.15, -0.1) is 0 Å². The van der Waals surface area contributed by atoms with E-state index in [0.717, 1.165) is 42.3 Å². The van der Waals surface area contributed by atoms with E-state index in [1.54, 1.807) is 6.26 Å². The quantitative estimate of drug-likeness (QED) is 0.467. The molecule has 0 unspecified atom stereocenters. The highest BCUT2D eigenvalue weighted by Crippen LogP contribution is 2.34. The molecule has 1 aliphatic heterocycles. The number of hydrogen-bond acceptors (Lipinski definition) is 4. The second-order valence-corrected chi connectivity index (χ2v) is 7.48. The van der Waals surface area contributed by atoms with E-state index in [1.165, 1.54) is 18.4 Å². The van der Waals surface area contributed by atoms with Crippen LogP contribution in [0.2, 0.25) is 0 Å². The molecule has 3 aromatic heterocycles. The lowest BCUT2D eigenvalue weighted by atomic mass is 10.1. The van der Waals surface area contributed by atoms with Crippen molar-refractivity contribution >= 4 is 0 Å². The second kappa shape index (κ2) is 8.05. The van der Waals surface area contributed by atoms with Gasteiger partial charge in [-0.05, 0) is 49.7 Å². The van der Waals surface area contributed by atoms with Gasteiger partial charge >= 0.3 is 0 Å². The van der Waals surface area contributed by atoms with Crippen LogP contribution in [0.4, 0.5) is 0 Å². The summed E-state index contributed by atoms with van der Waals surface area (Å²) < 4.78 is 8.04. The normalized spacial score (nSPS) is 15.6. The van der Waals surface area contributed by atoms with Gasteiger partial charge in [0.25, 0.3) is 0 Å². The van der Waals surface area contributed by atoms with Gasteiger partial charge < -0.3 is 8.98 Å². The van der Waals surface area contributed by atoms with Gasteiger partial charge in [0.15, 0.2) is 5.76 Å². The smallest absolute Gasteiger partial charge is 0.152 e. The molecule has 1 aromatic carbocycles. The van der Waals surface area contributed by atoms with Gasteiger partial charge in [-0.1, -0.05) is 36.4 Å². The van der Waals surface area contributed by atoms with Gasteiger partial charge in [0, 0.05) is 24.5 Å². The zero-order chi connectivity index (χ0) is 19.5. The summed E-state index contributed by atoms with van der Waals surface area (Å²) in [6, 6.07) is 18.7. The summed E-state index contributed by atoms with van der Waals surface area (Å²) in [5.41, 5.74) is 4.31. The summed E-state index contributed by atoms with van der Waals surface area (Å²) >= 11 is 0. The molecule has 29 heavy (non-hydrogen) atoms. The standard InChI is InChI=1S/C24H24N4O/c1-2-8-19(9-3-1)23-24(22-11-7-15-29-22)28(18-26-23)17-21(27-13-4-5-14-27)20-10-6-12-25-16-20/h1-3,6-12,15-16,18,21H,4-5,13-14,17H2/t21-/m1/s1. The first-order chi connectivity index (χ1) is 14.4. The van der Waals surface area contributed by atoms with E-state index < -0.39 is 0 Å². The molecule has 1 aliphatic rings. The first-order valence-electron chi connectivity index (χ1n) is 10.2. The molecule has 0 radical (unpaired) electrons. The Morgan fingerprint density at radius 2 is 1.83 bits per heavy atom. The van der Waals surface area contributed by atoms with E-state index in [-0.39, 0.29) is 6.04 Å². The van der Waals surface area contributed by atoms with E-state index in [0.29, 0.717) is 0 Å². The van der Waals surface area contributed by atoms with E-state index in [9.17, 15) is 0 Å². The summed E-state index contributed by atoms with van der Waals surface area (Å²) in [5, 5.41) is 0. The van der Waals surface area contributed by atoms with Gasteiger partial charge in [0.1, 0.15) is 5.69 Å². The highest BCUT2D eigenvalue weighted by atomic mass is 16.3. The molecule has 1 fully saturated rings. The van der Waals surface area contributed by atoms with E-state index in [2.05, 4.69) is 32.7 Å². The fraction of sp³-hybridized carbons (Fsp3) is 0.250. The van der Waals surface area contributed by atoms with Crippen molar-refractivity contribution in [2.24, 2.45) is 0 Å². The Labute approximate surface area is 170 Å². The number of imidazole rings is 1. The molecule has 1 saturated heterocycles. The van der Waals surface area contributed by atoms with E-state index in [4.69, 9.17) is 9.40 Å². The van der Waals surface area contributed by atoms with Crippen LogP contribution in [0, 0.1) is 0 Å². The van der Waals surface area contributed by atoms with Crippen molar-refractivity contribution in [3.05, 3.63) is 85.1 Å². The van der Waals surface area contributed by atoms with Gasteiger partial charge in [0.2, 0.25) is 0 Å². The van der Waals surface area contributed by atoms with E-state index in [1.807, 2.05) is 55.1 Å². The fourth-order valence-electron chi connectivity index (χ4n) is 4.24. The van der Waals surface area contributed by atoms with E-state index >= 15 is 0 Å². The van der Waals surface area contributed by atoms with Crippen molar-refractivity contribution in [3.8, 4) is 22.7 Å². The van der Waals surface area contributed by atoms with Gasteiger partial charge in [0.05, 0.1) is 24.3 Å².